The van der Waals surface area contributed by atoms with E-state index in [9.17, 15) is 19.5 Å². The molecule has 2 amide bonds. The molecular weight excluding hydrogens is 596 g/mol. The predicted molar refractivity (Wildman–Crippen MR) is 176 cm³/mol. The van der Waals surface area contributed by atoms with Crippen LogP contribution in [0.4, 0.5) is 0 Å². The molecule has 0 radical (unpaired) electrons. The molecule has 244 valence electrons. The van der Waals surface area contributed by atoms with Crippen LogP contribution in [0.25, 0.3) is 11.6 Å². The average Bonchev–Trinajstić information content (AvgIpc) is 3.61. The number of carboxylic acids is 1. The lowest BCUT2D eigenvalue weighted by Crippen LogP contribution is -2.35. The van der Waals surface area contributed by atoms with Crippen molar-refractivity contribution in [3.05, 3.63) is 101 Å². The van der Waals surface area contributed by atoms with Crippen molar-refractivity contribution >= 4 is 29.4 Å². The number of carbonyl (C=O) groups is 3. The van der Waals surface area contributed by atoms with Gasteiger partial charge in [0.05, 0.1) is 30.2 Å². The Kier molecular flexibility index (Phi) is 10.1. The van der Waals surface area contributed by atoms with E-state index >= 15 is 0 Å². The standard InChI is InChI=1S/C38H40N2O7/c41-28-16-13-25(14-17-28)21-26(32-11-6-7-19-39-32)15-18-33-35-27(23-46-29-9-3-1-4-10-29)22-30-36(31(35)24-47-33)38(45)40(37(30)44)20-8-2-5-12-34(42)43/h1,3-4,6-7,9-11,13-14,16-17,19,21,30-31,33,36,41H,2,5,8,12,15,18,20,22-24H2,(H,42,43)/b26-21-/t30-,31+,33-,36-/m1/s1. The fraction of sp³-hybridized carbons (Fsp3) is 0.368. The van der Waals surface area contributed by atoms with Crippen LogP contribution in [0.2, 0.25) is 0 Å². The number of aromatic nitrogens is 1. The summed E-state index contributed by atoms with van der Waals surface area (Å²) < 4.78 is 12.7. The van der Waals surface area contributed by atoms with E-state index in [-0.39, 0.29) is 36.0 Å². The SMILES string of the molecule is O=C(O)CCCCCN1C(=O)[C@@H]2[C@@H](CC(COc3ccccc3)=C3[C@@H](CC/C(=C/c4ccc(O)cc4)c4ccccn4)OC[C@@H]32)C1=O. The van der Waals surface area contributed by atoms with Crippen molar-refractivity contribution in [2.24, 2.45) is 17.8 Å². The number of carboxylic acid groups (broad SMARTS) is 1. The van der Waals surface area contributed by atoms with E-state index in [1.54, 1.807) is 18.3 Å². The third kappa shape index (κ3) is 7.46. The molecule has 2 aliphatic heterocycles. The maximum absolute atomic E-state index is 13.8. The second kappa shape index (κ2) is 14.8. The maximum Gasteiger partial charge on any atom is 0.303 e. The van der Waals surface area contributed by atoms with Gasteiger partial charge in [0.2, 0.25) is 11.8 Å². The number of phenolic OH excluding ortho intramolecular Hbond substituents is 1. The first-order valence-electron chi connectivity index (χ1n) is 16.4. The van der Waals surface area contributed by atoms with Crippen LogP contribution >= 0.6 is 0 Å². The number of likely N-dealkylation sites (tertiary alicyclic amines) is 1. The van der Waals surface area contributed by atoms with Gasteiger partial charge in [-0.3, -0.25) is 24.3 Å². The number of phenols is 1. The minimum atomic E-state index is -0.841. The van der Waals surface area contributed by atoms with Gasteiger partial charge < -0.3 is 19.7 Å². The topological polar surface area (TPSA) is 126 Å². The van der Waals surface area contributed by atoms with Gasteiger partial charge >= 0.3 is 5.97 Å². The molecule has 0 spiro atoms. The number of allylic oxidation sites excluding steroid dienone is 1. The Balaban J connectivity index is 1.24. The Morgan fingerprint density at radius 2 is 1.72 bits per heavy atom. The number of hydrogen-bond acceptors (Lipinski definition) is 7. The van der Waals surface area contributed by atoms with E-state index in [2.05, 4.69) is 11.1 Å². The highest BCUT2D eigenvalue weighted by Crippen LogP contribution is 2.50. The van der Waals surface area contributed by atoms with Crippen molar-refractivity contribution in [1.29, 1.82) is 0 Å². The second-order valence-corrected chi connectivity index (χ2v) is 12.5. The summed E-state index contributed by atoms with van der Waals surface area (Å²) in [5, 5.41) is 18.7. The summed E-state index contributed by atoms with van der Waals surface area (Å²) in [5.74, 6) is -1.32. The van der Waals surface area contributed by atoms with Crippen LogP contribution in [-0.4, -0.2) is 63.7 Å². The van der Waals surface area contributed by atoms with Crippen molar-refractivity contribution < 1.29 is 34.1 Å². The number of unbranched alkanes of at least 4 members (excludes halogenated alkanes) is 2. The number of fused-ring (bicyclic) bond motifs is 3. The highest BCUT2D eigenvalue weighted by Gasteiger charge is 2.56. The number of hydrogen-bond donors (Lipinski definition) is 2. The van der Waals surface area contributed by atoms with E-state index in [4.69, 9.17) is 14.6 Å². The molecule has 3 aliphatic rings. The van der Waals surface area contributed by atoms with Crippen molar-refractivity contribution in [2.75, 3.05) is 19.8 Å². The molecule has 2 N–H and O–H groups in total. The zero-order chi connectivity index (χ0) is 32.8. The fourth-order valence-electron chi connectivity index (χ4n) is 7.19. The number of nitrogens with zero attached hydrogens (tertiary/aromatic N) is 2. The zero-order valence-corrected chi connectivity index (χ0v) is 26.3. The van der Waals surface area contributed by atoms with E-state index in [0.29, 0.717) is 58.3 Å². The van der Waals surface area contributed by atoms with Crippen LogP contribution in [0.5, 0.6) is 11.5 Å². The molecular formula is C38H40N2O7. The minimum Gasteiger partial charge on any atom is -0.508 e. The average molecular weight is 637 g/mol. The number of carbonyl (C=O) groups excluding carboxylic acids is 2. The van der Waals surface area contributed by atoms with Crippen LogP contribution in [-0.2, 0) is 19.1 Å². The quantitative estimate of drug-likeness (QED) is 0.123. The summed E-state index contributed by atoms with van der Waals surface area (Å²) in [6.07, 6.45) is 7.20. The molecule has 2 fully saturated rings. The first kappa shape index (κ1) is 32.2. The summed E-state index contributed by atoms with van der Waals surface area (Å²) in [5.41, 5.74) is 4.94. The molecule has 3 heterocycles. The first-order valence-corrected chi connectivity index (χ1v) is 16.4. The highest BCUT2D eigenvalue weighted by atomic mass is 16.5. The Morgan fingerprint density at radius 1 is 0.936 bits per heavy atom. The van der Waals surface area contributed by atoms with Crippen LogP contribution < -0.4 is 4.74 Å². The lowest BCUT2D eigenvalue weighted by molar-refractivity contribution is -0.141. The highest BCUT2D eigenvalue weighted by molar-refractivity contribution is 6.06. The molecule has 2 aromatic carbocycles. The van der Waals surface area contributed by atoms with E-state index in [1.165, 1.54) is 4.90 Å². The summed E-state index contributed by atoms with van der Waals surface area (Å²) >= 11 is 0. The number of benzene rings is 2. The number of para-hydroxylation sites is 1. The molecule has 4 atom stereocenters. The van der Waals surface area contributed by atoms with Gasteiger partial charge in [-0.25, -0.2) is 0 Å². The number of rotatable bonds is 14. The van der Waals surface area contributed by atoms with E-state index in [0.717, 1.165) is 33.7 Å². The van der Waals surface area contributed by atoms with Gasteiger partial charge in [0.1, 0.15) is 18.1 Å². The number of aromatic hydroxyl groups is 1. The molecule has 1 aliphatic carbocycles. The van der Waals surface area contributed by atoms with E-state index in [1.807, 2.05) is 60.7 Å². The number of ether oxygens (including phenoxy) is 2. The smallest absolute Gasteiger partial charge is 0.303 e. The van der Waals surface area contributed by atoms with Gasteiger partial charge in [0.15, 0.2) is 0 Å². The van der Waals surface area contributed by atoms with Crippen LogP contribution in [0.15, 0.2) is 90.1 Å². The third-order valence-corrected chi connectivity index (χ3v) is 9.43. The Morgan fingerprint density at radius 3 is 2.47 bits per heavy atom. The molecule has 0 bridgehead atoms. The van der Waals surface area contributed by atoms with Crippen molar-refractivity contribution in [1.82, 2.24) is 9.88 Å². The van der Waals surface area contributed by atoms with Crippen molar-refractivity contribution in [2.45, 2.75) is 51.0 Å². The molecule has 0 unspecified atom stereocenters. The summed E-state index contributed by atoms with van der Waals surface area (Å²) in [4.78, 5) is 44.4. The largest absolute Gasteiger partial charge is 0.508 e. The molecule has 3 aromatic rings. The summed E-state index contributed by atoms with van der Waals surface area (Å²) in [6.45, 7) is 0.982. The van der Waals surface area contributed by atoms with Gasteiger partial charge in [0.25, 0.3) is 0 Å². The molecule has 47 heavy (non-hydrogen) atoms. The monoisotopic (exact) mass is 636 g/mol. The molecule has 6 rings (SSSR count). The molecule has 2 saturated heterocycles. The van der Waals surface area contributed by atoms with E-state index < -0.39 is 17.8 Å². The number of aliphatic carboxylic acids is 1. The van der Waals surface area contributed by atoms with Gasteiger partial charge in [0, 0.05) is 25.1 Å². The maximum atomic E-state index is 13.8. The molecule has 1 aromatic heterocycles. The number of pyridine rings is 1. The molecule has 9 heteroatoms. The van der Waals surface area contributed by atoms with Gasteiger partial charge in [-0.2, -0.15) is 0 Å². The first-order chi connectivity index (χ1) is 22.9. The number of imide groups is 1. The lowest BCUT2D eigenvalue weighted by atomic mass is 9.69. The van der Waals surface area contributed by atoms with Crippen LogP contribution in [0, 0.1) is 17.8 Å². The summed E-state index contributed by atoms with van der Waals surface area (Å²) in [7, 11) is 0. The van der Waals surface area contributed by atoms with Crippen LogP contribution in [0.3, 0.4) is 0 Å². The zero-order valence-electron chi connectivity index (χ0n) is 26.3. The van der Waals surface area contributed by atoms with Gasteiger partial charge in [-0.05, 0) is 96.9 Å². The fourth-order valence-corrected chi connectivity index (χ4v) is 7.19. The van der Waals surface area contributed by atoms with Gasteiger partial charge in [-0.1, -0.05) is 42.8 Å². The Labute approximate surface area is 274 Å². The second-order valence-electron chi connectivity index (χ2n) is 12.5. The Hall–Kier alpha value is -4.76. The molecule has 0 saturated carbocycles. The van der Waals surface area contributed by atoms with Crippen molar-refractivity contribution in [3.8, 4) is 11.5 Å². The minimum absolute atomic E-state index is 0.0815. The molecule has 9 nitrogen and oxygen atoms in total. The predicted octanol–water partition coefficient (Wildman–Crippen LogP) is 6.15. The lowest BCUT2D eigenvalue weighted by Gasteiger charge is -2.31. The number of amides is 2. The van der Waals surface area contributed by atoms with Crippen molar-refractivity contribution in [3.63, 3.8) is 0 Å². The normalized spacial score (nSPS) is 22.4. The summed E-state index contributed by atoms with van der Waals surface area (Å²) in [6, 6.07) is 22.4. The third-order valence-electron chi connectivity index (χ3n) is 9.43. The Bertz CT molecular complexity index is 1640. The van der Waals surface area contributed by atoms with Crippen LogP contribution in [0.1, 0.15) is 56.2 Å². The van der Waals surface area contributed by atoms with Gasteiger partial charge in [-0.15, -0.1) is 0 Å².